The number of nitrogens with one attached hydrogen (secondary N) is 1. The van der Waals surface area contributed by atoms with E-state index in [1.54, 1.807) is 18.9 Å². The summed E-state index contributed by atoms with van der Waals surface area (Å²) in [7, 11) is 1.72. The third kappa shape index (κ3) is 4.79. The molecule has 0 spiro atoms. The van der Waals surface area contributed by atoms with Gasteiger partial charge in [-0.2, -0.15) is 0 Å². The van der Waals surface area contributed by atoms with Crippen molar-refractivity contribution in [1.29, 1.82) is 0 Å². The summed E-state index contributed by atoms with van der Waals surface area (Å²) in [5.74, 6) is 1.51. The van der Waals surface area contributed by atoms with Crippen LogP contribution in [-0.4, -0.2) is 29.5 Å². The third-order valence-electron chi connectivity index (χ3n) is 3.35. The first-order chi connectivity index (χ1) is 10.2. The molecule has 0 saturated carbocycles. The predicted octanol–water partition coefficient (Wildman–Crippen LogP) is 3.04. The molecule has 0 fully saturated rings. The maximum Gasteiger partial charge on any atom is 0.132 e. The monoisotopic (exact) mass is 305 g/mol. The van der Waals surface area contributed by atoms with E-state index >= 15 is 0 Å². The molecule has 1 N–H and O–H groups in total. The van der Waals surface area contributed by atoms with Crippen LogP contribution >= 0.6 is 11.8 Å². The minimum atomic E-state index is 0.562. The van der Waals surface area contributed by atoms with Gasteiger partial charge < -0.3 is 14.6 Å². The Balaban J connectivity index is 1.80. The van der Waals surface area contributed by atoms with Gasteiger partial charge >= 0.3 is 0 Å². The molecule has 0 aliphatic rings. The molecular weight excluding hydrogens is 282 g/mol. The van der Waals surface area contributed by atoms with Crippen molar-refractivity contribution in [1.82, 2.24) is 14.9 Å². The SMILES string of the molecule is COc1cc(CNCC(C)Cn2ccnc2)ccc1SC. The van der Waals surface area contributed by atoms with Crippen LogP contribution in [-0.2, 0) is 13.1 Å². The van der Waals surface area contributed by atoms with Crippen molar-refractivity contribution < 1.29 is 4.74 Å². The second-order valence-electron chi connectivity index (χ2n) is 5.18. The van der Waals surface area contributed by atoms with Crippen LogP contribution < -0.4 is 10.1 Å². The Morgan fingerprint density at radius 3 is 2.95 bits per heavy atom. The fraction of sp³-hybridized carbons (Fsp3) is 0.438. The molecule has 0 aliphatic heterocycles. The first kappa shape index (κ1) is 15.9. The van der Waals surface area contributed by atoms with E-state index in [0.29, 0.717) is 5.92 Å². The number of ether oxygens (including phenoxy) is 1. The lowest BCUT2D eigenvalue weighted by atomic mass is 10.1. The van der Waals surface area contributed by atoms with E-state index in [1.165, 1.54) is 10.5 Å². The van der Waals surface area contributed by atoms with Crippen LogP contribution in [0.15, 0.2) is 41.8 Å². The molecular formula is C16H23N3OS. The number of benzene rings is 1. The highest BCUT2D eigenvalue weighted by molar-refractivity contribution is 7.98. The van der Waals surface area contributed by atoms with Gasteiger partial charge in [-0.15, -0.1) is 11.8 Å². The van der Waals surface area contributed by atoms with Gasteiger partial charge in [0.25, 0.3) is 0 Å². The van der Waals surface area contributed by atoms with Gasteiger partial charge in [0.15, 0.2) is 0 Å². The second-order valence-corrected chi connectivity index (χ2v) is 6.03. The van der Waals surface area contributed by atoms with Gasteiger partial charge in [-0.3, -0.25) is 0 Å². The normalized spacial score (nSPS) is 12.3. The standard InChI is InChI=1S/C16H23N3OS/c1-13(11-19-7-6-17-12-19)9-18-10-14-4-5-16(21-3)15(8-14)20-2/h4-8,12-13,18H,9-11H2,1-3H3. The lowest BCUT2D eigenvalue weighted by molar-refractivity contribution is 0.403. The summed E-state index contributed by atoms with van der Waals surface area (Å²) in [5, 5.41) is 3.51. The van der Waals surface area contributed by atoms with E-state index in [0.717, 1.165) is 25.4 Å². The highest BCUT2D eigenvalue weighted by Gasteiger charge is 2.05. The summed E-state index contributed by atoms with van der Waals surface area (Å²) < 4.78 is 7.53. The molecule has 4 nitrogen and oxygen atoms in total. The molecule has 1 unspecified atom stereocenters. The molecule has 0 aliphatic carbocycles. The van der Waals surface area contributed by atoms with Gasteiger partial charge in [0.05, 0.1) is 13.4 Å². The Morgan fingerprint density at radius 2 is 2.29 bits per heavy atom. The Hall–Kier alpha value is -1.46. The smallest absolute Gasteiger partial charge is 0.132 e. The number of nitrogens with zero attached hydrogens (tertiary/aromatic N) is 2. The zero-order chi connectivity index (χ0) is 15.1. The summed E-state index contributed by atoms with van der Waals surface area (Å²) >= 11 is 1.71. The fourth-order valence-electron chi connectivity index (χ4n) is 2.27. The molecule has 2 rings (SSSR count). The maximum absolute atomic E-state index is 5.42. The molecule has 1 atom stereocenters. The topological polar surface area (TPSA) is 39.1 Å². The second kappa shape index (κ2) is 8.10. The number of aromatic nitrogens is 2. The minimum absolute atomic E-state index is 0.562. The molecule has 5 heteroatoms. The molecule has 114 valence electrons. The number of methoxy groups -OCH3 is 1. The molecule has 0 bridgehead atoms. The van der Waals surface area contributed by atoms with Crippen LogP contribution in [0.25, 0.3) is 0 Å². The number of rotatable bonds is 8. The molecule has 1 aromatic carbocycles. The lowest BCUT2D eigenvalue weighted by Crippen LogP contribution is -2.23. The van der Waals surface area contributed by atoms with E-state index in [1.807, 2.05) is 18.7 Å². The first-order valence-corrected chi connectivity index (χ1v) is 8.32. The highest BCUT2D eigenvalue weighted by Crippen LogP contribution is 2.28. The molecule has 0 amide bonds. The van der Waals surface area contributed by atoms with Crippen LogP contribution in [0.1, 0.15) is 12.5 Å². The van der Waals surface area contributed by atoms with Crippen molar-refractivity contribution in [3.8, 4) is 5.75 Å². The number of hydrogen-bond acceptors (Lipinski definition) is 4. The number of imidazole rings is 1. The van der Waals surface area contributed by atoms with Crippen LogP contribution in [0.3, 0.4) is 0 Å². The molecule has 21 heavy (non-hydrogen) atoms. The quantitative estimate of drug-likeness (QED) is 0.761. The Kier molecular flexibility index (Phi) is 6.14. The zero-order valence-corrected chi connectivity index (χ0v) is 13.7. The average molecular weight is 305 g/mol. The van der Waals surface area contributed by atoms with Gasteiger partial charge in [-0.1, -0.05) is 13.0 Å². The van der Waals surface area contributed by atoms with Crippen molar-refractivity contribution >= 4 is 11.8 Å². The summed E-state index contributed by atoms with van der Waals surface area (Å²) in [4.78, 5) is 5.24. The van der Waals surface area contributed by atoms with Crippen molar-refractivity contribution in [2.75, 3.05) is 19.9 Å². The number of thioether (sulfide) groups is 1. The van der Waals surface area contributed by atoms with Gasteiger partial charge in [0.1, 0.15) is 5.75 Å². The van der Waals surface area contributed by atoms with Gasteiger partial charge in [-0.05, 0) is 36.4 Å². The summed E-state index contributed by atoms with van der Waals surface area (Å²) in [5.41, 5.74) is 1.25. The van der Waals surface area contributed by atoms with Gasteiger partial charge in [-0.25, -0.2) is 4.98 Å². The molecule has 1 heterocycles. The van der Waals surface area contributed by atoms with Crippen molar-refractivity contribution in [2.45, 2.75) is 24.9 Å². The minimum Gasteiger partial charge on any atom is -0.496 e. The summed E-state index contributed by atoms with van der Waals surface area (Å²) in [6.07, 6.45) is 7.75. The first-order valence-electron chi connectivity index (χ1n) is 7.10. The highest BCUT2D eigenvalue weighted by atomic mass is 32.2. The fourth-order valence-corrected chi connectivity index (χ4v) is 2.82. The van der Waals surface area contributed by atoms with E-state index < -0.39 is 0 Å². The van der Waals surface area contributed by atoms with Crippen molar-refractivity contribution in [3.63, 3.8) is 0 Å². The molecule has 2 aromatic rings. The average Bonchev–Trinajstić information content (AvgIpc) is 2.99. The predicted molar refractivity (Wildman–Crippen MR) is 87.9 cm³/mol. The van der Waals surface area contributed by atoms with Crippen LogP contribution in [0.4, 0.5) is 0 Å². The van der Waals surface area contributed by atoms with Gasteiger partial charge in [0.2, 0.25) is 0 Å². The molecule has 0 saturated heterocycles. The van der Waals surface area contributed by atoms with E-state index in [4.69, 9.17) is 4.74 Å². The third-order valence-corrected chi connectivity index (χ3v) is 4.13. The van der Waals surface area contributed by atoms with E-state index in [-0.39, 0.29) is 0 Å². The zero-order valence-electron chi connectivity index (χ0n) is 12.9. The molecule has 0 radical (unpaired) electrons. The largest absolute Gasteiger partial charge is 0.496 e. The van der Waals surface area contributed by atoms with E-state index in [2.05, 4.69) is 46.2 Å². The molecule has 1 aromatic heterocycles. The lowest BCUT2D eigenvalue weighted by Gasteiger charge is -2.14. The Morgan fingerprint density at radius 1 is 1.43 bits per heavy atom. The van der Waals surface area contributed by atoms with Crippen LogP contribution in [0.5, 0.6) is 5.75 Å². The Bertz CT molecular complexity index is 542. The van der Waals surface area contributed by atoms with Crippen molar-refractivity contribution in [2.24, 2.45) is 5.92 Å². The number of hydrogen-bond donors (Lipinski definition) is 1. The van der Waals surface area contributed by atoms with Crippen LogP contribution in [0, 0.1) is 5.92 Å². The maximum atomic E-state index is 5.42. The summed E-state index contributed by atoms with van der Waals surface area (Å²) in [6.45, 7) is 5.07. The van der Waals surface area contributed by atoms with Gasteiger partial charge in [0, 0.05) is 30.4 Å². The van der Waals surface area contributed by atoms with E-state index in [9.17, 15) is 0 Å². The summed E-state index contributed by atoms with van der Waals surface area (Å²) in [6, 6.07) is 6.39. The Labute approximate surface area is 130 Å². The van der Waals surface area contributed by atoms with Crippen molar-refractivity contribution in [3.05, 3.63) is 42.5 Å². The van der Waals surface area contributed by atoms with Crippen LogP contribution in [0.2, 0.25) is 0 Å².